The van der Waals surface area contributed by atoms with E-state index in [4.69, 9.17) is 0 Å². The second-order valence-electron chi connectivity index (χ2n) is 7.91. The Morgan fingerprint density at radius 2 is 1.72 bits per heavy atom. The lowest BCUT2D eigenvalue weighted by Crippen LogP contribution is -2.46. The van der Waals surface area contributed by atoms with Crippen molar-refractivity contribution < 1.29 is 17.6 Å². The van der Waals surface area contributed by atoms with Gasteiger partial charge in [0.1, 0.15) is 5.82 Å². The summed E-state index contributed by atoms with van der Waals surface area (Å²) in [6.07, 6.45) is 1.82. The normalized spacial score (nSPS) is 20.6. The monoisotopic (exact) mass is 416 g/mol. The molecule has 0 N–H and O–H groups in total. The van der Waals surface area contributed by atoms with Gasteiger partial charge < -0.3 is 4.90 Å². The number of hydrogen-bond donors (Lipinski definition) is 0. The maximum absolute atomic E-state index is 13.9. The van der Waals surface area contributed by atoms with E-state index in [9.17, 15) is 17.6 Å². The van der Waals surface area contributed by atoms with Crippen molar-refractivity contribution >= 4 is 21.6 Å². The van der Waals surface area contributed by atoms with Crippen molar-refractivity contribution in [1.82, 2.24) is 4.31 Å². The second-order valence-corrected chi connectivity index (χ2v) is 9.88. The molecule has 1 amide bonds. The zero-order valence-electron chi connectivity index (χ0n) is 16.4. The summed E-state index contributed by atoms with van der Waals surface area (Å²) in [5.41, 5.74) is 2.33. The molecule has 1 atom stereocenters. The number of piperidine rings is 1. The number of anilines is 1. The standard InChI is InChI=1S/C22H25FN2O3S/c1-16-14-18-6-3-5-9-21(18)25(16)22(26)17-10-12-24(13-11-17)29(27,28)15-19-7-2-4-8-20(19)23/h2-9,16-17H,10-15H2,1H3/t16-/m1/s1. The van der Waals surface area contributed by atoms with Gasteiger partial charge in [-0.3, -0.25) is 4.79 Å². The molecule has 1 saturated heterocycles. The van der Waals surface area contributed by atoms with Crippen LogP contribution in [0.25, 0.3) is 0 Å². The molecular formula is C22H25FN2O3S. The van der Waals surface area contributed by atoms with Crippen LogP contribution in [0.4, 0.5) is 10.1 Å². The van der Waals surface area contributed by atoms with Gasteiger partial charge in [0, 0.05) is 36.3 Å². The minimum atomic E-state index is -3.62. The molecule has 2 heterocycles. The lowest BCUT2D eigenvalue weighted by atomic mass is 9.96. The van der Waals surface area contributed by atoms with Crippen molar-refractivity contribution in [2.24, 2.45) is 5.92 Å². The van der Waals surface area contributed by atoms with Crippen molar-refractivity contribution in [3.05, 3.63) is 65.5 Å². The highest BCUT2D eigenvalue weighted by Crippen LogP contribution is 2.35. The van der Waals surface area contributed by atoms with Crippen LogP contribution in [0, 0.1) is 11.7 Å². The number of sulfonamides is 1. The molecule has 29 heavy (non-hydrogen) atoms. The van der Waals surface area contributed by atoms with Crippen LogP contribution in [0.3, 0.4) is 0 Å². The Morgan fingerprint density at radius 3 is 2.45 bits per heavy atom. The average molecular weight is 417 g/mol. The van der Waals surface area contributed by atoms with E-state index < -0.39 is 15.8 Å². The number of carbonyl (C=O) groups is 1. The lowest BCUT2D eigenvalue weighted by Gasteiger charge is -2.34. The van der Waals surface area contributed by atoms with E-state index in [1.54, 1.807) is 12.1 Å². The molecule has 0 unspecified atom stereocenters. The molecule has 0 bridgehead atoms. The fourth-order valence-corrected chi connectivity index (χ4v) is 5.96. The largest absolute Gasteiger partial charge is 0.309 e. The SMILES string of the molecule is C[C@@H]1Cc2ccccc2N1C(=O)C1CCN(S(=O)(=O)Cc2ccccc2F)CC1. The topological polar surface area (TPSA) is 57.7 Å². The van der Waals surface area contributed by atoms with Crippen LogP contribution in [0.1, 0.15) is 30.9 Å². The Bertz CT molecular complexity index is 1020. The zero-order valence-corrected chi connectivity index (χ0v) is 17.2. The number of halogens is 1. The highest BCUT2D eigenvalue weighted by molar-refractivity contribution is 7.88. The highest BCUT2D eigenvalue weighted by atomic mass is 32.2. The Kier molecular flexibility index (Phi) is 5.44. The predicted octanol–water partition coefficient (Wildman–Crippen LogP) is 3.35. The first-order chi connectivity index (χ1) is 13.9. The maximum atomic E-state index is 13.9. The van der Waals surface area contributed by atoms with Gasteiger partial charge in [-0.15, -0.1) is 0 Å². The van der Waals surface area contributed by atoms with Crippen molar-refractivity contribution in [3.63, 3.8) is 0 Å². The number of amides is 1. The lowest BCUT2D eigenvalue weighted by molar-refractivity contribution is -0.123. The molecule has 2 aliphatic heterocycles. The van der Waals surface area contributed by atoms with Crippen LogP contribution in [0.5, 0.6) is 0 Å². The van der Waals surface area contributed by atoms with E-state index in [0.717, 1.165) is 12.1 Å². The van der Waals surface area contributed by atoms with Gasteiger partial charge >= 0.3 is 0 Å². The minimum Gasteiger partial charge on any atom is -0.309 e. The summed E-state index contributed by atoms with van der Waals surface area (Å²) in [5.74, 6) is -0.977. The van der Waals surface area contributed by atoms with Gasteiger partial charge in [0.25, 0.3) is 0 Å². The van der Waals surface area contributed by atoms with Crippen molar-refractivity contribution in [2.45, 2.75) is 38.0 Å². The summed E-state index contributed by atoms with van der Waals surface area (Å²) in [6.45, 7) is 2.63. The van der Waals surface area contributed by atoms with Gasteiger partial charge in [-0.05, 0) is 43.9 Å². The predicted molar refractivity (Wildman–Crippen MR) is 110 cm³/mol. The molecular weight excluding hydrogens is 391 g/mol. The van der Waals surface area contributed by atoms with E-state index in [0.29, 0.717) is 12.8 Å². The maximum Gasteiger partial charge on any atom is 0.230 e. The van der Waals surface area contributed by atoms with E-state index in [-0.39, 0.29) is 42.3 Å². The van der Waals surface area contributed by atoms with Gasteiger partial charge in [-0.1, -0.05) is 36.4 Å². The van der Waals surface area contributed by atoms with Crippen molar-refractivity contribution in [3.8, 4) is 0 Å². The number of nitrogens with zero attached hydrogens (tertiary/aromatic N) is 2. The van der Waals surface area contributed by atoms with Crippen LogP contribution in [0.2, 0.25) is 0 Å². The fourth-order valence-electron chi connectivity index (χ4n) is 4.38. The number of hydrogen-bond acceptors (Lipinski definition) is 3. The smallest absolute Gasteiger partial charge is 0.230 e. The molecule has 7 heteroatoms. The molecule has 5 nitrogen and oxygen atoms in total. The Balaban J connectivity index is 1.42. The Hall–Kier alpha value is -2.25. The van der Waals surface area contributed by atoms with Gasteiger partial charge in [0.2, 0.25) is 15.9 Å². The molecule has 0 spiro atoms. The number of fused-ring (bicyclic) bond motifs is 1. The molecule has 0 saturated carbocycles. The van der Waals surface area contributed by atoms with E-state index in [2.05, 4.69) is 6.07 Å². The van der Waals surface area contributed by atoms with Crippen LogP contribution in [-0.2, 0) is 27.0 Å². The van der Waals surface area contributed by atoms with E-state index in [1.165, 1.54) is 22.0 Å². The number of benzene rings is 2. The molecule has 2 aliphatic rings. The third-order valence-corrected chi connectivity index (χ3v) is 7.76. The van der Waals surface area contributed by atoms with Crippen molar-refractivity contribution in [1.29, 1.82) is 0 Å². The summed E-state index contributed by atoms with van der Waals surface area (Å²) in [6, 6.07) is 14.0. The molecule has 0 aromatic heterocycles. The van der Waals surface area contributed by atoms with Crippen molar-refractivity contribution in [2.75, 3.05) is 18.0 Å². The van der Waals surface area contributed by atoms with Gasteiger partial charge in [-0.2, -0.15) is 0 Å². The summed E-state index contributed by atoms with van der Waals surface area (Å²) in [4.78, 5) is 15.1. The third-order valence-electron chi connectivity index (χ3n) is 5.94. The number of para-hydroxylation sites is 1. The van der Waals surface area contributed by atoms with Crippen LogP contribution in [0.15, 0.2) is 48.5 Å². The van der Waals surface area contributed by atoms with Crippen LogP contribution in [-0.4, -0.2) is 37.8 Å². The van der Waals surface area contributed by atoms with E-state index in [1.807, 2.05) is 30.0 Å². The summed E-state index contributed by atoms with van der Waals surface area (Å²) >= 11 is 0. The Labute approximate surface area is 171 Å². The third kappa shape index (κ3) is 3.94. The molecule has 0 aliphatic carbocycles. The summed E-state index contributed by atoms with van der Waals surface area (Å²) in [7, 11) is -3.62. The fraction of sp³-hybridized carbons (Fsp3) is 0.409. The van der Waals surface area contributed by atoms with E-state index >= 15 is 0 Å². The molecule has 1 fully saturated rings. The van der Waals surface area contributed by atoms with Gasteiger partial charge in [0.05, 0.1) is 5.75 Å². The highest BCUT2D eigenvalue weighted by Gasteiger charge is 2.37. The molecule has 4 rings (SSSR count). The Morgan fingerprint density at radius 1 is 1.07 bits per heavy atom. The van der Waals surface area contributed by atoms with Gasteiger partial charge in [-0.25, -0.2) is 17.1 Å². The summed E-state index contributed by atoms with van der Waals surface area (Å²) in [5, 5.41) is 0. The first-order valence-corrected chi connectivity index (χ1v) is 11.6. The quantitative estimate of drug-likeness (QED) is 0.768. The molecule has 2 aromatic rings. The van der Waals surface area contributed by atoms with Crippen LogP contribution >= 0.6 is 0 Å². The van der Waals surface area contributed by atoms with Crippen LogP contribution < -0.4 is 4.90 Å². The number of carbonyl (C=O) groups excluding carboxylic acids is 1. The molecule has 2 aromatic carbocycles. The minimum absolute atomic E-state index is 0.0774. The number of rotatable bonds is 4. The average Bonchev–Trinajstić information content (AvgIpc) is 3.05. The summed E-state index contributed by atoms with van der Waals surface area (Å²) < 4.78 is 40.7. The molecule has 0 radical (unpaired) electrons. The first-order valence-electron chi connectivity index (χ1n) is 9.99. The second kappa shape index (κ2) is 7.88. The van der Waals surface area contributed by atoms with Gasteiger partial charge in [0.15, 0.2) is 0 Å². The zero-order chi connectivity index (χ0) is 20.6. The first kappa shape index (κ1) is 20.0. The molecule has 154 valence electrons.